The molecule has 0 saturated heterocycles. The molecule has 0 fully saturated rings. The normalized spacial score (nSPS) is 12.0. The Bertz CT molecular complexity index is 631. The van der Waals surface area contributed by atoms with Gasteiger partial charge in [-0.3, -0.25) is 0 Å². The maximum atomic E-state index is 10.5. The summed E-state index contributed by atoms with van der Waals surface area (Å²) in [5, 5.41) is 10.8. The maximum Gasteiger partial charge on any atom is 0.179 e. The van der Waals surface area contributed by atoms with Gasteiger partial charge in [-0.25, -0.2) is 0 Å². The first-order valence-electron chi connectivity index (χ1n) is 6.40. The average Bonchev–Trinajstić information content (AvgIpc) is 2.49. The van der Waals surface area contributed by atoms with Crippen LogP contribution >= 0.6 is 27.5 Å². The fraction of sp³-hybridized carbons (Fsp3) is 0.250. The first-order valence-corrected chi connectivity index (χ1v) is 7.57. The second-order valence-electron chi connectivity index (χ2n) is 4.52. The van der Waals surface area contributed by atoms with Gasteiger partial charge in [0.15, 0.2) is 11.5 Å². The van der Waals surface area contributed by atoms with Crippen LogP contribution in [0.2, 0.25) is 5.02 Å². The molecule has 2 aromatic rings. The first-order chi connectivity index (χ1) is 10.1. The van der Waals surface area contributed by atoms with Gasteiger partial charge in [0.1, 0.15) is 0 Å². The van der Waals surface area contributed by atoms with E-state index in [1.54, 1.807) is 19.2 Å². The minimum absolute atomic E-state index is 0.372. The molecule has 1 unspecified atom stereocenters. The summed E-state index contributed by atoms with van der Waals surface area (Å²) in [5.74, 6) is 0.974. The SMILES string of the molecule is COc1ccc(C(O)Cc2ccccc2Br)c(Cl)c1OC. The van der Waals surface area contributed by atoms with Crippen molar-refractivity contribution in [3.8, 4) is 11.5 Å². The Balaban J connectivity index is 2.32. The molecule has 2 aromatic carbocycles. The van der Waals surface area contributed by atoms with Crippen LogP contribution in [0.1, 0.15) is 17.2 Å². The largest absolute Gasteiger partial charge is 0.493 e. The zero-order chi connectivity index (χ0) is 15.4. The van der Waals surface area contributed by atoms with E-state index in [1.165, 1.54) is 7.11 Å². The number of hydrogen-bond donors (Lipinski definition) is 1. The molecule has 0 radical (unpaired) electrons. The molecule has 0 aliphatic carbocycles. The standard InChI is InChI=1S/C16H16BrClO3/c1-20-14-8-7-11(15(18)16(14)21-2)13(19)9-10-5-3-4-6-12(10)17/h3-8,13,19H,9H2,1-2H3. The molecular weight excluding hydrogens is 356 g/mol. The van der Waals surface area contributed by atoms with E-state index in [0.717, 1.165) is 10.0 Å². The molecule has 5 heteroatoms. The summed E-state index contributed by atoms with van der Waals surface area (Å²) >= 11 is 9.79. The van der Waals surface area contributed by atoms with Gasteiger partial charge >= 0.3 is 0 Å². The molecule has 0 aromatic heterocycles. The van der Waals surface area contributed by atoms with Crippen molar-refractivity contribution in [3.63, 3.8) is 0 Å². The lowest BCUT2D eigenvalue weighted by Gasteiger charge is -2.17. The quantitative estimate of drug-likeness (QED) is 0.847. The van der Waals surface area contributed by atoms with Crippen molar-refractivity contribution in [3.05, 3.63) is 57.0 Å². The average molecular weight is 372 g/mol. The van der Waals surface area contributed by atoms with E-state index in [0.29, 0.717) is 28.5 Å². The number of hydrogen-bond acceptors (Lipinski definition) is 3. The molecule has 0 amide bonds. The van der Waals surface area contributed by atoms with E-state index in [-0.39, 0.29) is 0 Å². The smallest absolute Gasteiger partial charge is 0.179 e. The third-order valence-corrected chi connectivity index (χ3v) is 4.41. The lowest BCUT2D eigenvalue weighted by Crippen LogP contribution is -2.04. The van der Waals surface area contributed by atoms with Gasteiger partial charge in [-0.05, 0) is 17.7 Å². The van der Waals surface area contributed by atoms with E-state index in [4.69, 9.17) is 21.1 Å². The lowest BCUT2D eigenvalue weighted by molar-refractivity contribution is 0.178. The zero-order valence-corrected chi connectivity index (χ0v) is 14.1. The number of ether oxygens (including phenoxy) is 2. The fourth-order valence-electron chi connectivity index (χ4n) is 2.14. The summed E-state index contributed by atoms with van der Waals surface area (Å²) in [7, 11) is 3.07. The summed E-state index contributed by atoms with van der Waals surface area (Å²) in [5.41, 5.74) is 1.63. The van der Waals surface area contributed by atoms with Crippen LogP contribution < -0.4 is 9.47 Å². The summed E-state index contributed by atoms with van der Waals surface area (Å²) < 4.78 is 11.4. The van der Waals surface area contributed by atoms with Crippen molar-refractivity contribution < 1.29 is 14.6 Å². The summed E-state index contributed by atoms with van der Waals surface area (Å²) in [4.78, 5) is 0. The Morgan fingerprint density at radius 3 is 2.48 bits per heavy atom. The predicted molar refractivity (Wildman–Crippen MR) is 87.4 cm³/mol. The van der Waals surface area contributed by atoms with Gasteiger partial charge in [-0.15, -0.1) is 0 Å². The number of halogens is 2. The van der Waals surface area contributed by atoms with Gasteiger partial charge in [-0.2, -0.15) is 0 Å². The van der Waals surface area contributed by atoms with Crippen LogP contribution in [0.25, 0.3) is 0 Å². The topological polar surface area (TPSA) is 38.7 Å². The Morgan fingerprint density at radius 1 is 1.14 bits per heavy atom. The highest BCUT2D eigenvalue weighted by molar-refractivity contribution is 9.10. The minimum Gasteiger partial charge on any atom is -0.493 e. The first kappa shape index (κ1) is 16.1. The zero-order valence-electron chi connectivity index (χ0n) is 11.8. The van der Waals surface area contributed by atoms with Gasteiger partial charge in [0.25, 0.3) is 0 Å². The number of aliphatic hydroxyl groups excluding tert-OH is 1. The van der Waals surface area contributed by atoms with Crippen LogP contribution in [0.15, 0.2) is 40.9 Å². The Kier molecular flexibility index (Phi) is 5.51. The van der Waals surface area contributed by atoms with Crippen molar-refractivity contribution in [2.45, 2.75) is 12.5 Å². The van der Waals surface area contributed by atoms with Crippen LogP contribution in [-0.2, 0) is 6.42 Å². The molecule has 0 saturated carbocycles. The van der Waals surface area contributed by atoms with Crippen LogP contribution in [-0.4, -0.2) is 19.3 Å². The molecule has 21 heavy (non-hydrogen) atoms. The van der Waals surface area contributed by atoms with Crippen LogP contribution in [0.4, 0.5) is 0 Å². The highest BCUT2D eigenvalue weighted by Gasteiger charge is 2.19. The Morgan fingerprint density at radius 2 is 1.86 bits per heavy atom. The Labute approximate surface area is 137 Å². The monoisotopic (exact) mass is 370 g/mol. The highest BCUT2D eigenvalue weighted by atomic mass is 79.9. The van der Waals surface area contributed by atoms with Crippen molar-refractivity contribution >= 4 is 27.5 Å². The third-order valence-electron chi connectivity index (χ3n) is 3.24. The van der Waals surface area contributed by atoms with E-state index in [1.807, 2.05) is 24.3 Å². The molecule has 1 N–H and O–H groups in total. The molecule has 1 atom stereocenters. The summed E-state index contributed by atoms with van der Waals surface area (Å²) in [6.07, 6.45) is -0.271. The van der Waals surface area contributed by atoms with Crippen LogP contribution in [0, 0.1) is 0 Å². The molecule has 3 nitrogen and oxygen atoms in total. The molecule has 0 spiro atoms. The minimum atomic E-state index is -0.726. The summed E-state index contributed by atoms with van der Waals surface area (Å²) in [6.45, 7) is 0. The number of methoxy groups -OCH3 is 2. The van der Waals surface area contributed by atoms with Crippen molar-refractivity contribution in [1.82, 2.24) is 0 Å². The van der Waals surface area contributed by atoms with Gasteiger partial charge < -0.3 is 14.6 Å². The van der Waals surface area contributed by atoms with E-state index >= 15 is 0 Å². The second-order valence-corrected chi connectivity index (χ2v) is 5.75. The van der Waals surface area contributed by atoms with Gasteiger partial charge in [-0.1, -0.05) is 51.8 Å². The van der Waals surface area contributed by atoms with Gasteiger partial charge in [0.05, 0.1) is 25.3 Å². The van der Waals surface area contributed by atoms with Crippen molar-refractivity contribution in [2.75, 3.05) is 14.2 Å². The molecule has 2 rings (SSSR count). The molecule has 0 aliphatic rings. The Hall–Kier alpha value is -1.23. The molecule has 112 valence electrons. The van der Waals surface area contributed by atoms with Gasteiger partial charge in [0, 0.05) is 16.5 Å². The van der Waals surface area contributed by atoms with E-state index in [9.17, 15) is 5.11 Å². The fourth-order valence-corrected chi connectivity index (χ4v) is 2.95. The number of benzene rings is 2. The molecule has 0 heterocycles. The number of aliphatic hydroxyl groups is 1. The third kappa shape index (κ3) is 3.51. The second kappa shape index (κ2) is 7.16. The van der Waals surface area contributed by atoms with Crippen LogP contribution in [0.3, 0.4) is 0 Å². The van der Waals surface area contributed by atoms with Crippen molar-refractivity contribution in [2.24, 2.45) is 0 Å². The molecule has 0 aliphatic heterocycles. The van der Waals surface area contributed by atoms with E-state index < -0.39 is 6.10 Å². The van der Waals surface area contributed by atoms with Gasteiger partial charge in [0.2, 0.25) is 0 Å². The van der Waals surface area contributed by atoms with Crippen molar-refractivity contribution in [1.29, 1.82) is 0 Å². The van der Waals surface area contributed by atoms with Crippen LogP contribution in [0.5, 0.6) is 11.5 Å². The molecule has 0 bridgehead atoms. The lowest BCUT2D eigenvalue weighted by atomic mass is 10.0. The maximum absolute atomic E-state index is 10.5. The highest BCUT2D eigenvalue weighted by Crippen LogP contribution is 2.40. The summed E-state index contributed by atoms with van der Waals surface area (Å²) in [6, 6.07) is 11.3. The molecular formula is C16H16BrClO3. The predicted octanol–water partition coefficient (Wildman–Crippen LogP) is 4.40. The van der Waals surface area contributed by atoms with E-state index in [2.05, 4.69) is 15.9 Å². The number of rotatable bonds is 5.